The fourth-order valence-electron chi connectivity index (χ4n) is 2.53. The smallest absolute Gasteiger partial charge is 0.390 e. The highest BCUT2D eigenvalue weighted by molar-refractivity contribution is 6.42. The Labute approximate surface area is 199 Å². The molecule has 1 aromatic heterocycles. The van der Waals surface area contributed by atoms with Crippen LogP contribution in [0.5, 0.6) is 0 Å². The van der Waals surface area contributed by atoms with Gasteiger partial charge in [-0.05, 0) is 24.3 Å². The zero-order valence-electron chi connectivity index (χ0n) is 16.3. The molecule has 176 valence electrons. The first-order valence-electron chi connectivity index (χ1n) is 9.04. The first-order chi connectivity index (χ1) is 15.5. The molecule has 1 atom stereocenters. The highest BCUT2D eigenvalue weighted by Gasteiger charge is 2.32. The molecule has 2 aromatic rings. The fraction of sp³-hybridized carbons (Fsp3) is 0.222. The normalized spacial score (nSPS) is 15.3. The number of carbonyl (C=O) groups is 2. The van der Waals surface area contributed by atoms with Crippen molar-refractivity contribution >= 4 is 64.0 Å². The largest absolute Gasteiger partial charge is 0.417 e. The average molecular weight is 526 g/mol. The van der Waals surface area contributed by atoms with E-state index in [1.54, 1.807) is 0 Å². The Kier molecular flexibility index (Phi) is 7.72. The van der Waals surface area contributed by atoms with E-state index >= 15 is 0 Å². The number of hydrogen-bond donors (Lipinski definition) is 4. The number of rotatable bonds is 5. The molecule has 15 heteroatoms. The topological polar surface area (TPSA) is 117 Å². The monoisotopic (exact) mass is 524 g/mol. The van der Waals surface area contributed by atoms with Crippen LogP contribution in [0.25, 0.3) is 0 Å². The van der Waals surface area contributed by atoms with Crippen LogP contribution in [0.4, 0.5) is 29.5 Å². The zero-order chi connectivity index (χ0) is 24.2. The molecule has 1 aliphatic heterocycles. The minimum Gasteiger partial charge on any atom is -0.390 e. The molecule has 9 nitrogen and oxygen atoms in total. The van der Waals surface area contributed by atoms with Crippen LogP contribution in [0.1, 0.15) is 12.0 Å². The number of carbonyl (C=O) groups excluding carboxylic acids is 2. The second-order valence-corrected chi connectivity index (χ2v) is 7.79. The molecule has 0 aliphatic carbocycles. The molecular weight excluding hydrogens is 512 g/mol. The molecule has 2 heterocycles. The summed E-state index contributed by atoms with van der Waals surface area (Å²) in [6.07, 6.45) is -4.47. The van der Waals surface area contributed by atoms with Crippen LogP contribution in [0, 0.1) is 0 Å². The van der Waals surface area contributed by atoms with Crippen molar-refractivity contribution in [2.24, 2.45) is 5.16 Å². The van der Waals surface area contributed by atoms with Crippen molar-refractivity contribution in [1.82, 2.24) is 15.8 Å². The van der Waals surface area contributed by atoms with Gasteiger partial charge in [0, 0.05) is 18.3 Å². The van der Waals surface area contributed by atoms with E-state index in [0.29, 0.717) is 16.9 Å². The summed E-state index contributed by atoms with van der Waals surface area (Å²) in [6.45, 7) is 0.0591. The number of halogens is 6. The van der Waals surface area contributed by atoms with Gasteiger partial charge in [-0.1, -0.05) is 40.0 Å². The number of anilines is 2. The van der Waals surface area contributed by atoms with E-state index in [1.807, 2.05) is 0 Å². The van der Waals surface area contributed by atoms with Crippen LogP contribution < -0.4 is 21.5 Å². The maximum atomic E-state index is 12.7. The van der Waals surface area contributed by atoms with Crippen LogP contribution in [0.15, 0.2) is 35.6 Å². The van der Waals surface area contributed by atoms with Crippen molar-refractivity contribution in [3.8, 4) is 0 Å². The Hall–Kier alpha value is -2.96. The number of hydrogen-bond acceptors (Lipinski definition) is 6. The molecule has 33 heavy (non-hydrogen) atoms. The van der Waals surface area contributed by atoms with Crippen molar-refractivity contribution in [1.29, 1.82) is 0 Å². The molecule has 0 fully saturated rings. The molecule has 1 aliphatic rings. The summed E-state index contributed by atoms with van der Waals surface area (Å²) in [5.41, 5.74) is 3.66. The highest BCUT2D eigenvalue weighted by atomic mass is 35.5. The highest BCUT2D eigenvalue weighted by Crippen LogP contribution is 2.32. The SMILES string of the molecule is O=C(NNC(=O)C1=NOC(CNc2ncc(C(F)(F)F)cc2Cl)C1)Nc1ccc(Cl)c(Cl)c1. The number of pyridine rings is 1. The van der Waals surface area contributed by atoms with Crippen LogP contribution in [0.3, 0.4) is 0 Å². The zero-order valence-corrected chi connectivity index (χ0v) is 18.5. The van der Waals surface area contributed by atoms with Gasteiger partial charge in [0.15, 0.2) is 6.10 Å². The summed E-state index contributed by atoms with van der Waals surface area (Å²) >= 11 is 17.5. The number of oxime groups is 1. The number of aromatic nitrogens is 1. The Morgan fingerprint density at radius 1 is 1.09 bits per heavy atom. The number of nitrogens with one attached hydrogen (secondary N) is 4. The van der Waals surface area contributed by atoms with Gasteiger partial charge in [-0.25, -0.2) is 15.2 Å². The number of benzene rings is 1. The predicted molar refractivity (Wildman–Crippen MR) is 116 cm³/mol. The molecule has 0 spiro atoms. The van der Waals surface area contributed by atoms with Crippen LogP contribution >= 0.6 is 34.8 Å². The van der Waals surface area contributed by atoms with Gasteiger partial charge in [0.05, 0.1) is 27.2 Å². The molecule has 3 rings (SSSR count). The van der Waals surface area contributed by atoms with Gasteiger partial charge in [-0.15, -0.1) is 0 Å². The van der Waals surface area contributed by atoms with Gasteiger partial charge < -0.3 is 15.5 Å². The Bertz CT molecular complexity index is 1100. The van der Waals surface area contributed by atoms with E-state index in [1.165, 1.54) is 18.2 Å². The maximum absolute atomic E-state index is 12.7. The van der Waals surface area contributed by atoms with E-state index in [0.717, 1.165) is 6.07 Å². The summed E-state index contributed by atoms with van der Waals surface area (Å²) in [7, 11) is 0. The van der Waals surface area contributed by atoms with E-state index in [4.69, 9.17) is 39.6 Å². The Balaban J connectivity index is 1.43. The van der Waals surface area contributed by atoms with E-state index in [2.05, 4.69) is 31.6 Å². The maximum Gasteiger partial charge on any atom is 0.417 e. The standard InChI is InChI=1S/C18H14Cl3F3N6O3/c19-11-2-1-9(4-12(11)20)27-17(32)29-28-16(31)14-5-10(33-30-14)7-26-15-13(21)3-8(6-25-15)18(22,23)24/h1-4,6,10H,5,7H2,(H,25,26)(H,28,31)(H2,27,29,32). The molecular formula is C18H14Cl3F3N6O3. The molecule has 3 amide bonds. The van der Waals surface area contributed by atoms with Crippen molar-refractivity contribution < 1.29 is 27.6 Å². The lowest BCUT2D eigenvalue weighted by Crippen LogP contribution is -2.46. The van der Waals surface area contributed by atoms with Crippen molar-refractivity contribution in [3.63, 3.8) is 0 Å². The van der Waals surface area contributed by atoms with E-state index in [9.17, 15) is 22.8 Å². The molecule has 4 N–H and O–H groups in total. The fourth-order valence-corrected chi connectivity index (χ4v) is 3.06. The van der Waals surface area contributed by atoms with Gasteiger partial charge in [0.2, 0.25) is 0 Å². The lowest BCUT2D eigenvalue weighted by atomic mass is 10.1. The molecule has 0 saturated heterocycles. The number of urea groups is 1. The third kappa shape index (κ3) is 6.76. The molecule has 1 unspecified atom stereocenters. The number of amides is 3. The third-order valence-corrected chi connectivity index (χ3v) is 5.15. The summed E-state index contributed by atoms with van der Waals surface area (Å²) in [4.78, 5) is 32.8. The van der Waals surface area contributed by atoms with Crippen LogP contribution in [0.2, 0.25) is 15.1 Å². The van der Waals surface area contributed by atoms with Gasteiger partial charge in [0.25, 0.3) is 5.91 Å². The Morgan fingerprint density at radius 2 is 1.85 bits per heavy atom. The van der Waals surface area contributed by atoms with Crippen LogP contribution in [-0.2, 0) is 15.8 Å². The third-order valence-electron chi connectivity index (χ3n) is 4.13. The van der Waals surface area contributed by atoms with E-state index in [-0.39, 0.29) is 34.5 Å². The summed E-state index contributed by atoms with van der Waals surface area (Å²) in [6, 6.07) is 4.43. The second-order valence-electron chi connectivity index (χ2n) is 6.56. The minimum atomic E-state index is -4.56. The lowest BCUT2D eigenvalue weighted by Gasteiger charge is -2.13. The van der Waals surface area contributed by atoms with Gasteiger partial charge in [0.1, 0.15) is 11.5 Å². The number of nitrogens with zero attached hydrogens (tertiary/aromatic N) is 2. The molecule has 1 aromatic carbocycles. The average Bonchev–Trinajstić information content (AvgIpc) is 3.22. The summed E-state index contributed by atoms with van der Waals surface area (Å²) in [5.74, 6) is -0.695. The van der Waals surface area contributed by atoms with Crippen LogP contribution in [-0.4, -0.2) is 35.3 Å². The number of alkyl halides is 3. The first kappa shape index (κ1) is 24.7. The predicted octanol–water partition coefficient (Wildman–Crippen LogP) is 4.47. The van der Waals surface area contributed by atoms with Gasteiger partial charge >= 0.3 is 12.2 Å². The molecule has 0 radical (unpaired) electrons. The summed E-state index contributed by atoms with van der Waals surface area (Å²) in [5, 5.41) is 9.15. The lowest BCUT2D eigenvalue weighted by molar-refractivity contribution is -0.137. The van der Waals surface area contributed by atoms with E-state index < -0.39 is 29.8 Å². The second kappa shape index (κ2) is 10.3. The molecule has 0 saturated carbocycles. The molecule has 0 bridgehead atoms. The minimum absolute atomic E-state index is 0.0110. The summed E-state index contributed by atoms with van der Waals surface area (Å²) < 4.78 is 38.0. The van der Waals surface area contributed by atoms with Gasteiger partial charge in [-0.3, -0.25) is 10.2 Å². The number of hydrazine groups is 1. The quantitative estimate of drug-likeness (QED) is 0.430. The van der Waals surface area contributed by atoms with Gasteiger partial charge in [-0.2, -0.15) is 13.2 Å². The van der Waals surface area contributed by atoms with Crippen molar-refractivity contribution in [3.05, 3.63) is 51.1 Å². The first-order valence-corrected chi connectivity index (χ1v) is 10.2. The van der Waals surface area contributed by atoms with Crippen molar-refractivity contribution in [2.75, 3.05) is 17.2 Å². The van der Waals surface area contributed by atoms with Crippen molar-refractivity contribution in [2.45, 2.75) is 18.7 Å². The Morgan fingerprint density at radius 3 is 2.52 bits per heavy atom.